The summed E-state index contributed by atoms with van der Waals surface area (Å²) in [6, 6.07) is 6.15. The van der Waals surface area contributed by atoms with E-state index in [0.717, 1.165) is 12.0 Å². The second kappa shape index (κ2) is 8.05. The van der Waals surface area contributed by atoms with E-state index in [1.165, 1.54) is 7.11 Å². The van der Waals surface area contributed by atoms with Gasteiger partial charge in [0.05, 0.1) is 18.7 Å². The van der Waals surface area contributed by atoms with Crippen molar-refractivity contribution in [2.45, 2.75) is 58.2 Å². The van der Waals surface area contributed by atoms with E-state index >= 15 is 0 Å². The van der Waals surface area contributed by atoms with Crippen molar-refractivity contribution in [1.82, 2.24) is 10.2 Å². The van der Waals surface area contributed by atoms with E-state index in [1.807, 2.05) is 27.7 Å². The first-order chi connectivity index (χ1) is 13.6. The maximum atomic E-state index is 13.0. The molecule has 2 amide bonds. The van der Waals surface area contributed by atoms with Crippen molar-refractivity contribution in [1.29, 1.82) is 0 Å². The number of benzene rings is 1. The molecule has 0 bridgehead atoms. The fourth-order valence-electron chi connectivity index (χ4n) is 3.81. The molecule has 1 saturated heterocycles. The van der Waals surface area contributed by atoms with Crippen molar-refractivity contribution in [2.24, 2.45) is 11.8 Å². The molecule has 2 fully saturated rings. The number of hydrogen-bond acceptors (Lipinski definition) is 5. The second-order valence-electron chi connectivity index (χ2n) is 8.98. The van der Waals surface area contributed by atoms with E-state index in [4.69, 9.17) is 9.47 Å². The van der Waals surface area contributed by atoms with E-state index in [9.17, 15) is 14.4 Å². The Morgan fingerprint density at radius 3 is 2.34 bits per heavy atom. The van der Waals surface area contributed by atoms with E-state index in [1.54, 1.807) is 29.2 Å². The predicted octanol–water partition coefficient (Wildman–Crippen LogP) is 3.30. The molecule has 7 nitrogen and oxygen atoms in total. The summed E-state index contributed by atoms with van der Waals surface area (Å²) in [6.07, 6.45) is 1.30. The van der Waals surface area contributed by atoms with Crippen LogP contribution in [0.15, 0.2) is 24.3 Å². The second-order valence-corrected chi connectivity index (χ2v) is 8.98. The maximum Gasteiger partial charge on any atom is 0.410 e. The van der Waals surface area contributed by atoms with Crippen LogP contribution in [0.3, 0.4) is 0 Å². The highest BCUT2D eigenvalue weighted by molar-refractivity contribution is 5.89. The number of nitrogens with one attached hydrogen (secondary N) is 1. The highest BCUT2D eigenvalue weighted by Crippen LogP contribution is 2.47. The Kier molecular flexibility index (Phi) is 5.87. The number of carbonyl (C=O) groups excluding carboxylic acids is 3. The molecule has 0 radical (unpaired) electrons. The number of ether oxygens (including phenoxy) is 2. The molecule has 1 N–H and O–H groups in total. The number of esters is 1. The average molecular weight is 402 g/mol. The van der Waals surface area contributed by atoms with Crippen molar-refractivity contribution >= 4 is 18.0 Å². The molecule has 1 aliphatic heterocycles. The van der Waals surface area contributed by atoms with Crippen LogP contribution in [0.2, 0.25) is 0 Å². The first-order valence-electron chi connectivity index (χ1n) is 10.1. The van der Waals surface area contributed by atoms with Crippen molar-refractivity contribution < 1.29 is 23.9 Å². The number of rotatable bonds is 4. The van der Waals surface area contributed by atoms with Crippen LogP contribution in [0.25, 0.3) is 0 Å². The van der Waals surface area contributed by atoms with E-state index in [2.05, 4.69) is 5.32 Å². The van der Waals surface area contributed by atoms with Crippen molar-refractivity contribution in [2.75, 3.05) is 13.7 Å². The van der Waals surface area contributed by atoms with Crippen LogP contribution in [0.4, 0.5) is 4.79 Å². The number of fused-ring (bicyclic) bond motifs is 1. The van der Waals surface area contributed by atoms with Gasteiger partial charge in [-0.05, 0) is 70.1 Å². The van der Waals surface area contributed by atoms with Crippen LogP contribution in [-0.2, 0) is 14.3 Å². The lowest BCUT2D eigenvalue weighted by atomic mass is 10.0. The minimum Gasteiger partial charge on any atom is -0.465 e. The lowest BCUT2D eigenvalue weighted by Crippen LogP contribution is -2.54. The number of hydrogen-bond donors (Lipinski definition) is 1. The Hall–Kier alpha value is -2.57. The van der Waals surface area contributed by atoms with Crippen molar-refractivity contribution in [3.05, 3.63) is 35.4 Å². The van der Waals surface area contributed by atoms with Crippen LogP contribution in [0.5, 0.6) is 0 Å². The van der Waals surface area contributed by atoms with Gasteiger partial charge < -0.3 is 14.8 Å². The summed E-state index contributed by atoms with van der Waals surface area (Å²) in [4.78, 5) is 38.8. The van der Waals surface area contributed by atoms with Crippen LogP contribution >= 0.6 is 0 Å². The highest BCUT2D eigenvalue weighted by Gasteiger charge is 2.50. The van der Waals surface area contributed by atoms with Gasteiger partial charge in [-0.1, -0.05) is 12.1 Å². The smallest absolute Gasteiger partial charge is 0.410 e. The number of amides is 2. The zero-order valence-electron chi connectivity index (χ0n) is 17.7. The lowest BCUT2D eigenvalue weighted by molar-refractivity contribution is -0.128. The third kappa shape index (κ3) is 5.08. The molecular weight excluding hydrogens is 372 g/mol. The van der Waals surface area contributed by atoms with Crippen LogP contribution < -0.4 is 5.32 Å². The Morgan fingerprint density at radius 2 is 1.76 bits per heavy atom. The van der Waals surface area contributed by atoms with Gasteiger partial charge in [-0.2, -0.15) is 0 Å². The maximum absolute atomic E-state index is 13.0. The molecule has 1 saturated carbocycles. The fraction of sp³-hybridized carbons (Fsp3) is 0.591. The minimum atomic E-state index is -0.604. The van der Waals surface area contributed by atoms with E-state index < -0.39 is 23.7 Å². The molecule has 7 heteroatoms. The normalized spacial score (nSPS) is 24.2. The third-order valence-electron chi connectivity index (χ3n) is 5.52. The average Bonchev–Trinajstić information content (AvgIpc) is 3.43. The molecule has 2 unspecified atom stereocenters. The summed E-state index contributed by atoms with van der Waals surface area (Å²) >= 11 is 0. The molecule has 4 atom stereocenters. The zero-order chi connectivity index (χ0) is 21.3. The predicted molar refractivity (Wildman–Crippen MR) is 107 cm³/mol. The standard InChI is InChI=1S/C22H30N2O5/c1-13(14-6-8-15(9-7-14)20(26)28-5)23-19(25)18-11-16-10-17(16)12-24(18)21(27)29-22(2,3)4/h6-9,13,16-18H,10-12H2,1-5H3,(H,23,25)/t13-,16?,17?,18+/m0/s1. The molecule has 0 spiro atoms. The molecular formula is C22H30N2O5. The van der Waals surface area contributed by atoms with E-state index in [-0.39, 0.29) is 11.9 Å². The summed E-state index contributed by atoms with van der Waals surface area (Å²) in [5.74, 6) is 0.419. The Labute approximate surface area is 171 Å². The van der Waals surface area contributed by atoms with Gasteiger partial charge >= 0.3 is 12.1 Å². The van der Waals surface area contributed by atoms with Gasteiger partial charge in [0.1, 0.15) is 11.6 Å². The summed E-state index contributed by atoms with van der Waals surface area (Å²) in [7, 11) is 1.34. The molecule has 0 aromatic heterocycles. The molecule has 3 rings (SSSR count). The third-order valence-corrected chi connectivity index (χ3v) is 5.52. The minimum absolute atomic E-state index is 0.175. The molecule has 1 aromatic carbocycles. The molecule has 29 heavy (non-hydrogen) atoms. The molecule has 1 heterocycles. The summed E-state index contributed by atoms with van der Waals surface area (Å²) in [5.41, 5.74) is 0.723. The SMILES string of the molecule is COC(=O)c1ccc([C@H](C)NC(=O)[C@H]2CC3CC3CN2C(=O)OC(C)(C)C)cc1. The van der Waals surface area contributed by atoms with Crippen molar-refractivity contribution in [3.63, 3.8) is 0 Å². The van der Waals surface area contributed by atoms with Crippen LogP contribution in [-0.4, -0.2) is 48.2 Å². The van der Waals surface area contributed by atoms with Crippen LogP contribution in [0, 0.1) is 11.8 Å². The summed E-state index contributed by atoms with van der Waals surface area (Å²) < 4.78 is 10.2. The van der Waals surface area contributed by atoms with Gasteiger partial charge in [0.25, 0.3) is 0 Å². The molecule has 2 aliphatic rings. The Balaban J connectivity index is 1.67. The number of carbonyl (C=O) groups is 3. The van der Waals surface area contributed by atoms with Gasteiger partial charge in [-0.15, -0.1) is 0 Å². The number of piperidine rings is 1. The van der Waals surface area contributed by atoms with Gasteiger partial charge in [0.2, 0.25) is 5.91 Å². The molecule has 1 aromatic rings. The van der Waals surface area contributed by atoms with Gasteiger partial charge in [-0.3, -0.25) is 9.69 Å². The number of nitrogens with zero attached hydrogens (tertiary/aromatic N) is 1. The van der Waals surface area contributed by atoms with Gasteiger partial charge in [0, 0.05) is 6.54 Å². The number of methoxy groups -OCH3 is 1. The summed E-state index contributed by atoms with van der Waals surface area (Å²) in [5, 5.41) is 3.01. The number of likely N-dealkylation sites (tertiary alicyclic amines) is 1. The topological polar surface area (TPSA) is 84.9 Å². The summed E-state index contributed by atoms with van der Waals surface area (Å²) in [6.45, 7) is 7.92. The first kappa shape index (κ1) is 21.1. The highest BCUT2D eigenvalue weighted by atomic mass is 16.6. The first-order valence-corrected chi connectivity index (χ1v) is 10.1. The van der Waals surface area contributed by atoms with Crippen LogP contribution in [0.1, 0.15) is 62.5 Å². The fourth-order valence-corrected chi connectivity index (χ4v) is 3.81. The Morgan fingerprint density at radius 1 is 1.10 bits per heavy atom. The van der Waals surface area contributed by atoms with Gasteiger partial charge in [0.15, 0.2) is 0 Å². The Bertz CT molecular complexity index is 783. The molecule has 158 valence electrons. The lowest BCUT2D eigenvalue weighted by Gasteiger charge is -2.36. The zero-order valence-corrected chi connectivity index (χ0v) is 17.7. The van der Waals surface area contributed by atoms with Gasteiger partial charge in [-0.25, -0.2) is 9.59 Å². The van der Waals surface area contributed by atoms with E-state index in [0.29, 0.717) is 30.4 Å². The monoisotopic (exact) mass is 402 g/mol. The quantitative estimate of drug-likeness (QED) is 0.781. The van der Waals surface area contributed by atoms with Crippen molar-refractivity contribution in [3.8, 4) is 0 Å². The largest absolute Gasteiger partial charge is 0.465 e. The molecule has 1 aliphatic carbocycles.